The van der Waals surface area contributed by atoms with E-state index in [1.165, 1.54) is 4.90 Å². The zero-order chi connectivity index (χ0) is 17.3. The lowest BCUT2D eigenvalue weighted by Crippen LogP contribution is -2.46. The SMILES string of the molecule is Cl.Cl.FC(F)(F)C[C@H](c1cc(C(F)(F)F)ccc1Cl)N1CCNCC1. The van der Waals surface area contributed by atoms with E-state index in [0.717, 1.165) is 18.2 Å². The minimum Gasteiger partial charge on any atom is -0.314 e. The predicted molar refractivity (Wildman–Crippen MR) is 88.8 cm³/mol. The van der Waals surface area contributed by atoms with Crippen LogP contribution in [0.25, 0.3) is 0 Å². The summed E-state index contributed by atoms with van der Waals surface area (Å²) in [5, 5.41) is 2.91. The number of nitrogens with one attached hydrogen (secondary N) is 1. The quantitative estimate of drug-likeness (QED) is 0.667. The molecule has 1 N–H and O–H groups in total. The van der Waals surface area contributed by atoms with Crippen LogP contribution in [0.4, 0.5) is 26.3 Å². The van der Waals surface area contributed by atoms with Gasteiger partial charge in [0.25, 0.3) is 0 Å². The smallest absolute Gasteiger partial charge is 0.314 e. The molecule has 0 aromatic heterocycles. The molecule has 1 atom stereocenters. The highest BCUT2D eigenvalue weighted by atomic mass is 35.5. The second-order valence-corrected chi connectivity index (χ2v) is 5.76. The van der Waals surface area contributed by atoms with E-state index in [1.807, 2.05) is 0 Å². The minimum absolute atomic E-state index is 0. The molecule has 0 unspecified atom stereocenters. The minimum atomic E-state index is -4.63. The van der Waals surface area contributed by atoms with Crippen molar-refractivity contribution in [3.63, 3.8) is 0 Å². The van der Waals surface area contributed by atoms with Crippen LogP contribution < -0.4 is 5.32 Å². The first-order valence-electron chi connectivity index (χ1n) is 6.96. The fraction of sp³-hybridized carbons (Fsp3) is 0.571. The molecule has 0 aliphatic carbocycles. The molecule has 1 saturated heterocycles. The lowest BCUT2D eigenvalue weighted by atomic mass is 9.98. The van der Waals surface area contributed by atoms with Gasteiger partial charge in [0.1, 0.15) is 0 Å². The standard InChI is InChI=1S/C14H15ClF6N2.2ClH/c15-11-2-1-9(14(19,20)21)7-10(11)12(8-13(16,17)18)23-5-3-22-4-6-23;;/h1-2,7,12,22H,3-6,8H2;2*1H/t12-;;/m1../s1. The first-order chi connectivity index (χ1) is 10.6. The Balaban J connectivity index is 0.00000288. The third-order valence-electron chi connectivity index (χ3n) is 3.70. The van der Waals surface area contributed by atoms with Crippen molar-refractivity contribution < 1.29 is 26.3 Å². The van der Waals surface area contributed by atoms with Crippen LogP contribution >= 0.6 is 36.4 Å². The Kier molecular flexibility index (Phi) is 9.35. The second-order valence-electron chi connectivity index (χ2n) is 5.36. The Bertz CT molecular complexity index is 544. The number of alkyl halides is 6. The van der Waals surface area contributed by atoms with Gasteiger partial charge < -0.3 is 5.32 Å². The van der Waals surface area contributed by atoms with Crippen LogP contribution in [0, 0.1) is 0 Å². The Morgan fingerprint density at radius 2 is 1.60 bits per heavy atom. The van der Waals surface area contributed by atoms with Crippen molar-refractivity contribution in [2.24, 2.45) is 0 Å². The molecule has 1 aliphatic rings. The van der Waals surface area contributed by atoms with Crippen LogP contribution in [-0.4, -0.2) is 37.3 Å². The van der Waals surface area contributed by atoms with Crippen molar-refractivity contribution in [2.75, 3.05) is 26.2 Å². The van der Waals surface area contributed by atoms with E-state index in [-0.39, 0.29) is 35.4 Å². The van der Waals surface area contributed by atoms with E-state index in [4.69, 9.17) is 11.6 Å². The molecule has 0 amide bonds. The summed E-state index contributed by atoms with van der Waals surface area (Å²) in [6, 6.07) is 1.27. The zero-order valence-corrected chi connectivity index (χ0v) is 15.1. The zero-order valence-electron chi connectivity index (χ0n) is 12.8. The summed E-state index contributed by atoms with van der Waals surface area (Å²) in [4.78, 5) is 1.52. The second kappa shape index (κ2) is 9.50. The van der Waals surface area contributed by atoms with Crippen molar-refractivity contribution in [1.82, 2.24) is 10.2 Å². The summed E-state index contributed by atoms with van der Waals surface area (Å²) in [7, 11) is 0. The molecule has 1 fully saturated rings. The van der Waals surface area contributed by atoms with Gasteiger partial charge >= 0.3 is 12.4 Å². The molecule has 0 spiro atoms. The summed E-state index contributed by atoms with van der Waals surface area (Å²) in [6.07, 6.45) is -10.4. The Morgan fingerprint density at radius 3 is 2.08 bits per heavy atom. The number of rotatable bonds is 3. The van der Waals surface area contributed by atoms with E-state index in [1.54, 1.807) is 0 Å². The van der Waals surface area contributed by atoms with Gasteiger partial charge in [-0.2, -0.15) is 26.3 Å². The average molecular weight is 434 g/mol. The van der Waals surface area contributed by atoms with Crippen molar-refractivity contribution in [3.05, 3.63) is 34.3 Å². The van der Waals surface area contributed by atoms with Gasteiger partial charge in [-0.05, 0) is 23.8 Å². The fourth-order valence-corrected chi connectivity index (χ4v) is 2.87. The summed E-state index contributed by atoms with van der Waals surface area (Å²) in [5.41, 5.74) is -1.14. The number of benzene rings is 1. The van der Waals surface area contributed by atoms with E-state index in [2.05, 4.69) is 5.32 Å². The highest BCUT2D eigenvalue weighted by Crippen LogP contribution is 2.40. The Hall–Kier alpha value is -0.410. The van der Waals surface area contributed by atoms with Gasteiger partial charge in [-0.15, -0.1) is 24.8 Å². The lowest BCUT2D eigenvalue weighted by Gasteiger charge is -2.36. The van der Waals surface area contributed by atoms with Crippen LogP contribution in [0.5, 0.6) is 0 Å². The summed E-state index contributed by atoms with van der Waals surface area (Å²) < 4.78 is 77.3. The third-order valence-corrected chi connectivity index (χ3v) is 4.04. The number of hydrogen-bond donors (Lipinski definition) is 1. The van der Waals surface area contributed by atoms with Crippen molar-refractivity contribution in [1.29, 1.82) is 0 Å². The van der Waals surface area contributed by atoms with Crippen LogP contribution in [-0.2, 0) is 6.18 Å². The monoisotopic (exact) mass is 432 g/mol. The largest absolute Gasteiger partial charge is 0.416 e. The molecular weight excluding hydrogens is 417 g/mol. The molecule has 25 heavy (non-hydrogen) atoms. The van der Waals surface area contributed by atoms with E-state index < -0.39 is 30.4 Å². The highest BCUT2D eigenvalue weighted by molar-refractivity contribution is 6.31. The molecule has 1 aromatic carbocycles. The van der Waals surface area contributed by atoms with Gasteiger partial charge in [0.05, 0.1) is 12.0 Å². The van der Waals surface area contributed by atoms with E-state index in [0.29, 0.717) is 26.2 Å². The van der Waals surface area contributed by atoms with Crippen molar-refractivity contribution >= 4 is 36.4 Å². The van der Waals surface area contributed by atoms with Crippen molar-refractivity contribution in [3.8, 4) is 0 Å². The normalized spacial score (nSPS) is 17.4. The molecule has 2 nitrogen and oxygen atoms in total. The van der Waals surface area contributed by atoms with Crippen molar-refractivity contribution in [2.45, 2.75) is 24.8 Å². The highest BCUT2D eigenvalue weighted by Gasteiger charge is 2.38. The first-order valence-corrected chi connectivity index (χ1v) is 7.34. The third kappa shape index (κ3) is 7.02. The van der Waals surface area contributed by atoms with Gasteiger partial charge in [0, 0.05) is 37.2 Å². The lowest BCUT2D eigenvalue weighted by molar-refractivity contribution is -0.148. The fourth-order valence-electron chi connectivity index (χ4n) is 2.62. The summed E-state index contributed by atoms with van der Waals surface area (Å²) >= 11 is 5.91. The molecule has 1 heterocycles. The van der Waals surface area contributed by atoms with Gasteiger partial charge in [0.2, 0.25) is 0 Å². The van der Waals surface area contributed by atoms with Gasteiger partial charge in [-0.3, -0.25) is 4.90 Å². The molecule has 146 valence electrons. The predicted octanol–water partition coefficient (Wildman–Crippen LogP) is 5.10. The first kappa shape index (κ1) is 24.6. The topological polar surface area (TPSA) is 15.3 Å². The maximum absolute atomic E-state index is 12.9. The molecule has 11 heteroatoms. The van der Waals surface area contributed by atoms with Gasteiger partial charge in [-0.1, -0.05) is 11.6 Å². The summed E-state index contributed by atoms with van der Waals surface area (Å²) in [6.45, 7) is 1.58. The Morgan fingerprint density at radius 1 is 1.04 bits per heavy atom. The number of halogens is 9. The van der Waals surface area contributed by atoms with Crippen LogP contribution in [0.3, 0.4) is 0 Å². The molecule has 1 aliphatic heterocycles. The van der Waals surface area contributed by atoms with Gasteiger partial charge in [0.15, 0.2) is 0 Å². The molecular formula is C14H17Cl3F6N2. The van der Waals surface area contributed by atoms with Crippen LogP contribution in [0.1, 0.15) is 23.6 Å². The number of hydrogen-bond acceptors (Lipinski definition) is 2. The molecule has 0 bridgehead atoms. The number of nitrogens with zero attached hydrogens (tertiary/aromatic N) is 1. The van der Waals surface area contributed by atoms with Gasteiger partial charge in [-0.25, -0.2) is 0 Å². The molecule has 0 radical (unpaired) electrons. The average Bonchev–Trinajstić information content (AvgIpc) is 2.44. The molecule has 2 rings (SSSR count). The molecule has 1 aromatic rings. The van der Waals surface area contributed by atoms with Crippen LogP contribution in [0.2, 0.25) is 5.02 Å². The number of piperazine rings is 1. The van der Waals surface area contributed by atoms with E-state index >= 15 is 0 Å². The maximum atomic E-state index is 12.9. The molecule has 0 saturated carbocycles. The van der Waals surface area contributed by atoms with E-state index in [9.17, 15) is 26.3 Å². The summed E-state index contributed by atoms with van der Waals surface area (Å²) in [5.74, 6) is 0. The van der Waals surface area contributed by atoms with Crippen LogP contribution in [0.15, 0.2) is 18.2 Å². The Labute approximate surface area is 158 Å². The maximum Gasteiger partial charge on any atom is 0.416 e.